The lowest BCUT2D eigenvalue weighted by atomic mass is 10.2. The average Bonchev–Trinajstić information content (AvgIpc) is 2.92. The molecule has 7 nitrogen and oxygen atoms in total. The van der Waals surface area contributed by atoms with Crippen molar-refractivity contribution in [2.75, 3.05) is 17.9 Å². The smallest absolute Gasteiger partial charge is 0.324 e. The summed E-state index contributed by atoms with van der Waals surface area (Å²) in [6, 6.07) is 2.21. The quantitative estimate of drug-likeness (QED) is 0.650. The third kappa shape index (κ3) is 3.84. The lowest BCUT2D eigenvalue weighted by molar-refractivity contribution is -0.146. The number of anilines is 1. The molecule has 0 bridgehead atoms. The molecule has 1 aromatic rings. The average molecular weight is 334 g/mol. The van der Waals surface area contributed by atoms with Crippen LogP contribution in [-0.4, -0.2) is 42.9 Å². The van der Waals surface area contributed by atoms with E-state index in [2.05, 4.69) is 9.71 Å². The molecular weight excluding hydrogens is 318 g/mol. The Morgan fingerprint density at radius 2 is 2.33 bits per heavy atom. The maximum atomic E-state index is 12.4. The molecule has 0 radical (unpaired) electrons. The van der Waals surface area contributed by atoms with Gasteiger partial charge in [0.25, 0.3) is 0 Å². The zero-order valence-electron chi connectivity index (χ0n) is 11.5. The molecule has 0 spiro atoms. The van der Waals surface area contributed by atoms with Crippen molar-refractivity contribution in [1.82, 2.24) is 9.29 Å². The summed E-state index contributed by atoms with van der Waals surface area (Å²) in [5, 5.41) is 0.267. The molecule has 0 aliphatic carbocycles. The van der Waals surface area contributed by atoms with E-state index in [-0.39, 0.29) is 24.0 Å². The van der Waals surface area contributed by atoms with Gasteiger partial charge in [0, 0.05) is 6.54 Å². The number of aromatic nitrogens is 1. The van der Waals surface area contributed by atoms with Crippen LogP contribution in [0.3, 0.4) is 0 Å². The standard InChI is InChI=1S/C12H16ClN3O4S/c1-2-20-12(17)10-4-3-7-16(10)21(18,19)15-9-5-6-11(13)14-8-9/h5-6,8,10,15H,2-4,7H2,1H3. The van der Waals surface area contributed by atoms with Gasteiger partial charge in [0.15, 0.2) is 0 Å². The number of pyridine rings is 1. The summed E-state index contributed by atoms with van der Waals surface area (Å²) in [7, 11) is -3.84. The summed E-state index contributed by atoms with van der Waals surface area (Å²) in [6.07, 6.45) is 2.39. The number of hydrogen-bond donors (Lipinski definition) is 1. The van der Waals surface area contributed by atoms with Crippen molar-refractivity contribution >= 4 is 33.5 Å². The van der Waals surface area contributed by atoms with Crippen molar-refractivity contribution in [3.8, 4) is 0 Å². The third-order valence-electron chi connectivity index (χ3n) is 3.05. The zero-order chi connectivity index (χ0) is 15.5. The van der Waals surface area contributed by atoms with Crippen molar-refractivity contribution in [3.63, 3.8) is 0 Å². The van der Waals surface area contributed by atoms with Gasteiger partial charge in [-0.1, -0.05) is 11.6 Å². The highest BCUT2D eigenvalue weighted by molar-refractivity contribution is 7.90. The van der Waals surface area contributed by atoms with Crippen LogP contribution in [0.1, 0.15) is 19.8 Å². The molecule has 0 amide bonds. The van der Waals surface area contributed by atoms with E-state index in [1.165, 1.54) is 18.3 Å². The molecule has 1 fully saturated rings. The Kier molecular flexibility index (Phi) is 5.02. The minimum atomic E-state index is -3.84. The van der Waals surface area contributed by atoms with Crippen LogP contribution in [0.5, 0.6) is 0 Å². The Balaban J connectivity index is 2.14. The summed E-state index contributed by atoms with van der Waals surface area (Å²) < 4.78 is 33.1. The molecule has 0 saturated carbocycles. The molecule has 1 atom stereocenters. The predicted octanol–water partition coefficient (Wildman–Crippen LogP) is 1.42. The Labute approximate surface area is 128 Å². The van der Waals surface area contributed by atoms with E-state index in [0.717, 1.165) is 4.31 Å². The highest BCUT2D eigenvalue weighted by Crippen LogP contribution is 2.23. The summed E-state index contributed by atoms with van der Waals surface area (Å²) in [5.74, 6) is -0.519. The molecule has 1 N–H and O–H groups in total. The van der Waals surface area contributed by atoms with Crippen molar-refractivity contribution in [3.05, 3.63) is 23.5 Å². The van der Waals surface area contributed by atoms with Crippen LogP contribution in [-0.2, 0) is 19.7 Å². The number of hydrogen-bond acceptors (Lipinski definition) is 5. The SMILES string of the molecule is CCOC(=O)C1CCCN1S(=O)(=O)Nc1ccc(Cl)nc1. The monoisotopic (exact) mass is 333 g/mol. The van der Waals surface area contributed by atoms with E-state index < -0.39 is 22.2 Å². The fourth-order valence-corrected chi connectivity index (χ4v) is 3.69. The van der Waals surface area contributed by atoms with Crippen LogP contribution < -0.4 is 4.72 Å². The Morgan fingerprint density at radius 1 is 1.57 bits per heavy atom. The highest BCUT2D eigenvalue weighted by Gasteiger charge is 2.39. The Hall–Kier alpha value is -1.38. The van der Waals surface area contributed by atoms with Gasteiger partial charge in [-0.3, -0.25) is 9.52 Å². The molecule has 9 heteroatoms. The first kappa shape index (κ1) is 16.0. The number of carbonyl (C=O) groups excluding carboxylic acids is 1. The fraction of sp³-hybridized carbons (Fsp3) is 0.500. The van der Waals surface area contributed by atoms with Gasteiger partial charge < -0.3 is 4.74 Å². The van der Waals surface area contributed by atoms with Gasteiger partial charge in [-0.05, 0) is 31.9 Å². The molecule has 2 rings (SSSR count). The largest absolute Gasteiger partial charge is 0.465 e. The summed E-state index contributed by atoms with van der Waals surface area (Å²) in [5.41, 5.74) is 0.286. The second-order valence-corrected chi connectivity index (χ2v) is 6.51. The van der Waals surface area contributed by atoms with Gasteiger partial charge in [-0.2, -0.15) is 12.7 Å². The van der Waals surface area contributed by atoms with Crippen LogP contribution >= 0.6 is 11.6 Å². The van der Waals surface area contributed by atoms with Crippen LogP contribution in [0.4, 0.5) is 5.69 Å². The highest BCUT2D eigenvalue weighted by atomic mass is 35.5. The van der Waals surface area contributed by atoms with Crippen molar-refractivity contribution in [2.45, 2.75) is 25.8 Å². The van der Waals surface area contributed by atoms with Gasteiger partial charge in [-0.15, -0.1) is 0 Å². The van der Waals surface area contributed by atoms with Gasteiger partial charge >= 0.3 is 16.2 Å². The molecule has 1 aliphatic rings. The van der Waals surface area contributed by atoms with Crippen LogP contribution in [0.2, 0.25) is 5.15 Å². The number of halogens is 1. The predicted molar refractivity (Wildman–Crippen MR) is 78.2 cm³/mol. The van der Waals surface area contributed by atoms with Gasteiger partial charge in [0.2, 0.25) is 0 Å². The van der Waals surface area contributed by atoms with Gasteiger partial charge in [-0.25, -0.2) is 4.98 Å². The fourth-order valence-electron chi connectivity index (χ4n) is 2.15. The van der Waals surface area contributed by atoms with E-state index in [1.54, 1.807) is 6.92 Å². The van der Waals surface area contributed by atoms with E-state index in [0.29, 0.717) is 12.8 Å². The summed E-state index contributed by atoms with van der Waals surface area (Å²) in [6.45, 7) is 2.18. The summed E-state index contributed by atoms with van der Waals surface area (Å²) in [4.78, 5) is 15.6. The lowest BCUT2D eigenvalue weighted by Gasteiger charge is -2.23. The number of nitrogens with zero attached hydrogens (tertiary/aromatic N) is 2. The second kappa shape index (κ2) is 6.59. The van der Waals surface area contributed by atoms with E-state index in [9.17, 15) is 13.2 Å². The van der Waals surface area contributed by atoms with E-state index in [4.69, 9.17) is 16.3 Å². The van der Waals surface area contributed by atoms with E-state index in [1.807, 2.05) is 0 Å². The molecule has 116 valence electrons. The minimum Gasteiger partial charge on any atom is -0.465 e. The minimum absolute atomic E-state index is 0.220. The molecule has 1 aliphatic heterocycles. The first-order chi connectivity index (χ1) is 9.94. The molecule has 1 unspecified atom stereocenters. The lowest BCUT2D eigenvalue weighted by Crippen LogP contribution is -2.44. The topological polar surface area (TPSA) is 88.6 Å². The first-order valence-electron chi connectivity index (χ1n) is 6.52. The number of nitrogens with one attached hydrogen (secondary N) is 1. The van der Waals surface area contributed by atoms with E-state index >= 15 is 0 Å². The number of ether oxygens (including phenoxy) is 1. The molecule has 1 saturated heterocycles. The Bertz CT molecular complexity index is 605. The van der Waals surface area contributed by atoms with Crippen LogP contribution in [0.15, 0.2) is 18.3 Å². The normalized spacial score (nSPS) is 19.4. The van der Waals surface area contributed by atoms with Crippen LogP contribution in [0, 0.1) is 0 Å². The number of esters is 1. The van der Waals surface area contributed by atoms with Gasteiger partial charge in [0.05, 0.1) is 18.5 Å². The number of carbonyl (C=O) groups is 1. The van der Waals surface area contributed by atoms with Gasteiger partial charge in [0.1, 0.15) is 11.2 Å². The first-order valence-corrected chi connectivity index (χ1v) is 8.33. The molecule has 21 heavy (non-hydrogen) atoms. The maximum Gasteiger partial charge on any atom is 0.324 e. The van der Waals surface area contributed by atoms with Crippen molar-refractivity contribution in [2.24, 2.45) is 0 Å². The Morgan fingerprint density at radius 3 is 2.95 bits per heavy atom. The van der Waals surface area contributed by atoms with Crippen LogP contribution in [0.25, 0.3) is 0 Å². The zero-order valence-corrected chi connectivity index (χ0v) is 13.0. The van der Waals surface area contributed by atoms with Crippen molar-refractivity contribution in [1.29, 1.82) is 0 Å². The summed E-state index contributed by atoms with van der Waals surface area (Å²) >= 11 is 5.65. The molecule has 0 aromatic carbocycles. The van der Waals surface area contributed by atoms with Crippen molar-refractivity contribution < 1.29 is 17.9 Å². The third-order valence-corrected chi connectivity index (χ3v) is 4.82. The molecule has 1 aromatic heterocycles. The molecular formula is C12H16ClN3O4S. The number of rotatable bonds is 5. The maximum absolute atomic E-state index is 12.4. The molecule has 2 heterocycles. The second-order valence-electron chi connectivity index (χ2n) is 4.50.